The molecular weight excluding hydrogens is 316 g/mol. The molecule has 116 valence electrons. The summed E-state index contributed by atoms with van der Waals surface area (Å²) in [5.74, 6) is 0. The molecule has 3 heterocycles. The number of aryl methyl sites for hydroxylation is 1. The number of ether oxygens (including phenoxy) is 1. The molecule has 0 saturated heterocycles. The molecule has 0 spiro atoms. The first-order valence-electron chi connectivity index (χ1n) is 6.98. The van der Waals surface area contributed by atoms with Gasteiger partial charge in [-0.3, -0.25) is 4.57 Å². The van der Waals surface area contributed by atoms with Gasteiger partial charge >= 0.3 is 0 Å². The summed E-state index contributed by atoms with van der Waals surface area (Å²) in [6.07, 6.45) is 1.83. The van der Waals surface area contributed by atoms with Gasteiger partial charge in [0.25, 0.3) is 0 Å². The molecule has 3 aromatic rings. The van der Waals surface area contributed by atoms with Crippen molar-refractivity contribution in [1.82, 2.24) is 14.5 Å². The highest BCUT2D eigenvalue weighted by atomic mass is 32.1. The van der Waals surface area contributed by atoms with Gasteiger partial charge in [0.2, 0.25) is 0 Å². The van der Waals surface area contributed by atoms with Crippen LogP contribution in [-0.4, -0.2) is 34.8 Å². The van der Waals surface area contributed by atoms with Crippen LogP contribution in [-0.2, 0) is 4.74 Å². The third kappa shape index (κ3) is 2.92. The quantitative estimate of drug-likeness (QED) is 0.698. The van der Waals surface area contributed by atoms with Crippen molar-refractivity contribution in [3.8, 4) is 16.4 Å². The van der Waals surface area contributed by atoms with Crippen molar-refractivity contribution in [2.24, 2.45) is 0 Å². The van der Waals surface area contributed by atoms with Crippen LogP contribution in [0, 0.1) is 13.8 Å². The smallest absolute Gasteiger partial charge is 0.193 e. The van der Waals surface area contributed by atoms with Crippen LogP contribution in [0.4, 0.5) is 5.13 Å². The van der Waals surface area contributed by atoms with Crippen molar-refractivity contribution in [3.05, 3.63) is 34.4 Å². The van der Waals surface area contributed by atoms with Crippen molar-refractivity contribution >= 4 is 27.8 Å². The molecule has 0 aliphatic heterocycles. The van der Waals surface area contributed by atoms with E-state index in [2.05, 4.69) is 45.1 Å². The summed E-state index contributed by atoms with van der Waals surface area (Å²) >= 11 is 3.26. The molecule has 0 aliphatic carbocycles. The fourth-order valence-corrected chi connectivity index (χ4v) is 3.87. The van der Waals surface area contributed by atoms with Crippen LogP contribution < -0.4 is 5.32 Å². The molecule has 0 aliphatic rings. The number of nitrogens with zero attached hydrogens (tertiary/aromatic N) is 3. The van der Waals surface area contributed by atoms with Crippen LogP contribution >= 0.6 is 22.7 Å². The molecule has 0 saturated carbocycles. The average molecular weight is 334 g/mol. The first kappa shape index (κ1) is 15.2. The van der Waals surface area contributed by atoms with Gasteiger partial charge in [-0.1, -0.05) is 0 Å². The first-order chi connectivity index (χ1) is 10.7. The summed E-state index contributed by atoms with van der Waals surface area (Å²) in [5.41, 5.74) is 4.50. The summed E-state index contributed by atoms with van der Waals surface area (Å²) in [4.78, 5) is 9.08. The van der Waals surface area contributed by atoms with Gasteiger partial charge < -0.3 is 10.1 Å². The van der Waals surface area contributed by atoms with E-state index in [1.165, 1.54) is 11.4 Å². The molecule has 0 radical (unpaired) electrons. The molecule has 3 rings (SSSR count). The van der Waals surface area contributed by atoms with E-state index in [1.54, 1.807) is 29.8 Å². The van der Waals surface area contributed by atoms with Crippen molar-refractivity contribution in [3.63, 3.8) is 0 Å². The molecular formula is C15H18N4OS2. The number of methoxy groups -OCH3 is 1. The molecule has 0 fully saturated rings. The van der Waals surface area contributed by atoms with Crippen LogP contribution in [0.3, 0.4) is 0 Å². The maximum absolute atomic E-state index is 5.04. The zero-order chi connectivity index (χ0) is 15.5. The maximum Gasteiger partial charge on any atom is 0.193 e. The zero-order valence-corrected chi connectivity index (χ0v) is 14.4. The fourth-order valence-electron chi connectivity index (χ4n) is 2.38. The minimum atomic E-state index is 0.674. The number of hydrogen-bond donors (Lipinski definition) is 1. The number of hydrogen-bond acceptors (Lipinski definition) is 6. The highest BCUT2D eigenvalue weighted by Gasteiger charge is 2.15. The highest BCUT2D eigenvalue weighted by molar-refractivity contribution is 7.14. The van der Waals surface area contributed by atoms with Gasteiger partial charge in [0, 0.05) is 47.6 Å². The minimum absolute atomic E-state index is 0.674. The number of nitrogens with one attached hydrogen (secondary N) is 1. The third-order valence-corrected chi connectivity index (χ3v) is 4.96. The van der Waals surface area contributed by atoms with E-state index in [0.717, 1.165) is 28.1 Å². The number of anilines is 1. The Hall–Kier alpha value is -1.70. The normalized spacial score (nSPS) is 11.0. The Bertz CT molecular complexity index is 746. The second kappa shape index (κ2) is 6.60. The number of rotatable bonds is 6. The molecule has 0 atom stereocenters. The summed E-state index contributed by atoms with van der Waals surface area (Å²) in [5, 5.41) is 9.27. The Morgan fingerprint density at radius 3 is 2.91 bits per heavy atom. The molecule has 0 bridgehead atoms. The summed E-state index contributed by atoms with van der Waals surface area (Å²) in [6.45, 7) is 5.65. The molecule has 5 nitrogen and oxygen atoms in total. The average Bonchev–Trinajstić information content (AvgIpc) is 3.20. The van der Waals surface area contributed by atoms with E-state index in [9.17, 15) is 0 Å². The number of aromatic nitrogens is 3. The second-order valence-electron chi connectivity index (χ2n) is 4.89. The minimum Gasteiger partial charge on any atom is -0.383 e. The molecule has 22 heavy (non-hydrogen) atoms. The van der Waals surface area contributed by atoms with Gasteiger partial charge in [-0.05, 0) is 19.9 Å². The zero-order valence-electron chi connectivity index (χ0n) is 12.8. The van der Waals surface area contributed by atoms with Crippen LogP contribution in [0.15, 0.2) is 23.0 Å². The monoisotopic (exact) mass is 334 g/mol. The van der Waals surface area contributed by atoms with Gasteiger partial charge in [-0.15, -0.1) is 22.7 Å². The van der Waals surface area contributed by atoms with Crippen molar-refractivity contribution in [2.45, 2.75) is 13.8 Å². The molecule has 3 aromatic heterocycles. The lowest BCUT2D eigenvalue weighted by Crippen LogP contribution is -2.07. The van der Waals surface area contributed by atoms with Gasteiger partial charge in [0.05, 0.1) is 12.3 Å². The molecule has 0 aromatic carbocycles. The Kier molecular flexibility index (Phi) is 4.56. The van der Waals surface area contributed by atoms with Gasteiger partial charge in [-0.2, -0.15) is 0 Å². The lowest BCUT2D eigenvalue weighted by Gasteiger charge is -2.04. The van der Waals surface area contributed by atoms with Gasteiger partial charge in [-0.25, -0.2) is 9.97 Å². The lowest BCUT2D eigenvalue weighted by molar-refractivity contribution is 0.211. The predicted molar refractivity (Wildman–Crippen MR) is 92.4 cm³/mol. The van der Waals surface area contributed by atoms with E-state index in [1.807, 2.05) is 11.6 Å². The van der Waals surface area contributed by atoms with Crippen LogP contribution in [0.25, 0.3) is 16.4 Å². The lowest BCUT2D eigenvalue weighted by atomic mass is 10.2. The third-order valence-electron chi connectivity index (χ3n) is 3.40. The first-order valence-corrected chi connectivity index (χ1v) is 8.74. The number of thiazole rings is 2. The van der Waals surface area contributed by atoms with E-state index in [-0.39, 0.29) is 0 Å². The molecule has 1 N–H and O–H groups in total. The highest BCUT2D eigenvalue weighted by Crippen LogP contribution is 2.31. The van der Waals surface area contributed by atoms with Crippen molar-refractivity contribution < 1.29 is 4.74 Å². The van der Waals surface area contributed by atoms with Crippen LogP contribution in [0.2, 0.25) is 0 Å². The Balaban J connectivity index is 1.88. The van der Waals surface area contributed by atoms with E-state index in [4.69, 9.17) is 4.74 Å². The largest absolute Gasteiger partial charge is 0.383 e. The molecule has 0 unspecified atom stereocenters. The molecule has 0 amide bonds. The second-order valence-corrected chi connectivity index (χ2v) is 6.62. The summed E-state index contributed by atoms with van der Waals surface area (Å²) in [7, 11) is 1.70. The maximum atomic E-state index is 5.04. The topological polar surface area (TPSA) is 52.0 Å². The molecule has 7 heteroatoms. The fraction of sp³-hybridized carbons (Fsp3) is 0.333. The predicted octanol–water partition coefficient (Wildman–Crippen LogP) is 3.73. The van der Waals surface area contributed by atoms with Crippen LogP contribution in [0.1, 0.15) is 11.4 Å². The summed E-state index contributed by atoms with van der Waals surface area (Å²) in [6, 6.07) is 2.17. The Morgan fingerprint density at radius 2 is 2.18 bits per heavy atom. The Labute approximate surface area is 137 Å². The van der Waals surface area contributed by atoms with Crippen molar-refractivity contribution in [2.75, 3.05) is 25.6 Å². The van der Waals surface area contributed by atoms with E-state index in [0.29, 0.717) is 6.61 Å². The Morgan fingerprint density at radius 1 is 1.32 bits per heavy atom. The van der Waals surface area contributed by atoms with Gasteiger partial charge in [0.1, 0.15) is 0 Å². The summed E-state index contributed by atoms with van der Waals surface area (Å²) < 4.78 is 7.22. The van der Waals surface area contributed by atoms with Gasteiger partial charge in [0.15, 0.2) is 10.3 Å². The standard InChI is InChI=1S/C15H18N4OS2/c1-10-8-12(11(2)19(10)15-17-5-7-21-15)13-9-22-14(18-13)16-4-6-20-3/h5,7-9H,4,6H2,1-3H3,(H,16,18). The van der Waals surface area contributed by atoms with Crippen molar-refractivity contribution in [1.29, 1.82) is 0 Å². The SMILES string of the molecule is COCCNc1nc(-c2cc(C)n(-c3nccs3)c2C)cs1. The van der Waals surface area contributed by atoms with E-state index < -0.39 is 0 Å². The van der Waals surface area contributed by atoms with Crippen LogP contribution in [0.5, 0.6) is 0 Å². The van der Waals surface area contributed by atoms with E-state index >= 15 is 0 Å².